The van der Waals surface area contributed by atoms with Crippen LogP contribution in [0.5, 0.6) is 5.75 Å². The summed E-state index contributed by atoms with van der Waals surface area (Å²) >= 11 is 5.92. The third-order valence-electron chi connectivity index (χ3n) is 4.30. The standard InChI is InChI=1S/C17H19ClN2O3/c18-13-3-4-15(21)14(11-13)19-16(22)12-17(5-9-23-10-6-17)20-7-1-2-8-20/h1-4,7-8,11,21H,5-6,9-10,12H2,(H,19,22). The smallest absolute Gasteiger partial charge is 0.226 e. The minimum absolute atomic E-state index is 0.00439. The molecule has 1 aliphatic rings. The number of ether oxygens (including phenoxy) is 1. The average molecular weight is 335 g/mol. The molecule has 0 spiro atoms. The number of carbonyl (C=O) groups excluding carboxylic acids is 1. The number of amides is 1. The molecular weight excluding hydrogens is 316 g/mol. The molecule has 0 unspecified atom stereocenters. The first-order chi connectivity index (χ1) is 11.1. The van der Waals surface area contributed by atoms with E-state index in [1.54, 1.807) is 12.1 Å². The van der Waals surface area contributed by atoms with E-state index < -0.39 is 0 Å². The summed E-state index contributed by atoms with van der Waals surface area (Å²) in [4.78, 5) is 12.5. The van der Waals surface area contributed by atoms with E-state index in [1.165, 1.54) is 6.07 Å². The van der Waals surface area contributed by atoms with Gasteiger partial charge in [-0.2, -0.15) is 0 Å². The van der Waals surface area contributed by atoms with Crippen molar-refractivity contribution >= 4 is 23.2 Å². The molecule has 1 fully saturated rings. The van der Waals surface area contributed by atoms with Crippen molar-refractivity contribution in [1.29, 1.82) is 0 Å². The number of benzene rings is 1. The fraction of sp³-hybridized carbons (Fsp3) is 0.353. The van der Waals surface area contributed by atoms with E-state index in [-0.39, 0.29) is 17.2 Å². The van der Waals surface area contributed by atoms with Gasteiger partial charge < -0.3 is 19.7 Å². The Morgan fingerprint density at radius 1 is 1.30 bits per heavy atom. The summed E-state index contributed by atoms with van der Waals surface area (Å²) < 4.78 is 7.55. The number of nitrogens with zero attached hydrogens (tertiary/aromatic N) is 1. The minimum Gasteiger partial charge on any atom is -0.506 e. The molecule has 1 amide bonds. The Morgan fingerprint density at radius 3 is 2.70 bits per heavy atom. The van der Waals surface area contributed by atoms with Crippen LogP contribution in [-0.4, -0.2) is 28.8 Å². The van der Waals surface area contributed by atoms with E-state index >= 15 is 0 Å². The van der Waals surface area contributed by atoms with Crippen molar-refractivity contribution in [3.8, 4) is 5.75 Å². The van der Waals surface area contributed by atoms with Crippen LogP contribution in [0.3, 0.4) is 0 Å². The fourth-order valence-corrected chi connectivity index (χ4v) is 3.20. The topological polar surface area (TPSA) is 63.5 Å². The predicted octanol–water partition coefficient (Wildman–Crippen LogP) is 3.38. The van der Waals surface area contributed by atoms with Crippen LogP contribution >= 0.6 is 11.6 Å². The van der Waals surface area contributed by atoms with Gasteiger partial charge in [0.2, 0.25) is 5.91 Å². The zero-order valence-electron chi connectivity index (χ0n) is 12.7. The van der Waals surface area contributed by atoms with E-state index in [1.807, 2.05) is 24.5 Å². The highest BCUT2D eigenvalue weighted by Crippen LogP contribution is 2.34. The summed E-state index contributed by atoms with van der Waals surface area (Å²) in [5, 5.41) is 13.1. The van der Waals surface area contributed by atoms with Crippen molar-refractivity contribution in [1.82, 2.24) is 4.57 Å². The molecule has 1 aromatic carbocycles. The van der Waals surface area contributed by atoms with Crippen LogP contribution in [-0.2, 0) is 15.1 Å². The van der Waals surface area contributed by atoms with Crippen LogP contribution in [0.2, 0.25) is 5.02 Å². The number of aromatic hydroxyl groups is 1. The van der Waals surface area contributed by atoms with Gasteiger partial charge in [-0.1, -0.05) is 11.6 Å². The van der Waals surface area contributed by atoms with Gasteiger partial charge in [-0.25, -0.2) is 0 Å². The molecule has 0 radical (unpaired) electrons. The lowest BCUT2D eigenvalue weighted by Crippen LogP contribution is -2.42. The van der Waals surface area contributed by atoms with Gasteiger partial charge in [0.1, 0.15) is 5.75 Å². The number of hydrogen-bond donors (Lipinski definition) is 2. The second-order valence-electron chi connectivity index (χ2n) is 5.81. The maximum Gasteiger partial charge on any atom is 0.226 e. The molecule has 0 saturated carbocycles. The Balaban J connectivity index is 1.77. The first-order valence-electron chi connectivity index (χ1n) is 7.59. The van der Waals surface area contributed by atoms with Gasteiger partial charge >= 0.3 is 0 Å². The number of hydrogen-bond acceptors (Lipinski definition) is 3. The highest BCUT2D eigenvalue weighted by atomic mass is 35.5. The number of phenolic OH excluding ortho intramolecular Hbond substituents is 1. The van der Waals surface area contributed by atoms with Crippen molar-refractivity contribution in [2.45, 2.75) is 24.8 Å². The number of carbonyl (C=O) groups is 1. The Labute approximate surface area is 139 Å². The molecule has 2 heterocycles. The third-order valence-corrected chi connectivity index (χ3v) is 4.53. The Hall–Kier alpha value is -1.98. The van der Waals surface area contributed by atoms with Gasteiger partial charge in [-0.3, -0.25) is 4.79 Å². The van der Waals surface area contributed by atoms with Gasteiger partial charge in [-0.15, -0.1) is 0 Å². The van der Waals surface area contributed by atoms with Gasteiger partial charge in [0, 0.05) is 30.6 Å². The Bertz CT molecular complexity index is 679. The van der Waals surface area contributed by atoms with E-state index in [9.17, 15) is 9.90 Å². The monoisotopic (exact) mass is 334 g/mol. The Kier molecular flexibility index (Phi) is 4.59. The first kappa shape index (κ1) is 15.9. The van der Waals surface area contributed by atoms with Crippen LogP contribution in [0.15, 0.2) is 42.7 Å². The molecular formula is C17H19ClN2O3. The molecule has 122 valence electrons. The van der Waals surface area contributed by atoms with E-state index in [0.29, 0.717) is 30.3 Å². The number of aromatic nitrogens is 1. The van der Waals surface area contributed by atoms with Crippen molar-refractivity contribution < 1.29 is 14.6 Å². The highest BCUT2D eigenvalue weighted by Gasteiger charge is 2.36. The lowest BCUT2D eigenvalue weighted by atomic mass is 9.86. The molecule has 0 bridgehead atoms. The van der Waals surface area contributed by atoms with Crippen LogP contribution < -0.4 is 5.32 Å². The predicted molar refractivity (Wildman–Crippen MR) is 88.8 cm³/mol. The van der Waals surface area contributed by atoms with E-state index in [0.717, 1.165) is 12.8 Å². The quantitative estimate of drug-likeness (QED) is 0.842. The largest absolute Gasteiger partial charge is 0.506 e. The van der Waals surface area contributed by atoms with Crippen molar-refractivity contribution in [2.24, 2.45) is 0 Å². The summed E-state index contributed by atoms with van der Waals surface area (Å²) in [7, 11) is 0. The lowest BCUT2D eigenvalue weighted by Gasteiger charge is -2.38. The zero-order chi connectivity index (χ0) is 16.3. The molecule has 3 rings (SSSR count). The third kappa shape index (κ3) is 3.51. The maximum atomic E-state index is 12.5. The normalized spacial score (nSPS) is 16.9. The maximum absolute atomic E-state index is 12.5. The van der Waals surface area contributed by atoms with Crippen molar-refractivity contribution in [3.05, 3.63) is 47.7 Å². The molecule has 2 aromatic rings. The molecule has 1 saturated heterocycles. The van der Waals surface area contributed by atoms with Crippen LogP contribution in [0, 0.1) is 0 Å². The fourth-order valence-electron chi connectivity index (χ4n) is 3.03. The van der Waals surface area contributed by atoms with Gasteiger partial charge in [0.15, 0.2) is 0 Å². The summed E-state index contributed by atoms with van der Waals surface area (Å²) in [5.74, 6) is -0.150. The molecule has 0 aliphatic carbocycles. The average Bonchev–Trinajstić information content (AvgIpc) is 3.07. The van der Waals surface area contributed by atoms with Crippen molar-refractivity contribution in [2.75, 3.05) is 18.5 Å². The number of phenols is 1. The summed E-state index contributed by atoms with van der Waals surface area (Å²) in [6.45, 7) is 1.27. The number of anilines is 1. The Morgan fingerprint density at radius 2 is 2.00 bits per heavy atom. The summed E-state index contributed by atoms with van der Waals surface area (Å²) in [6.07, 6.45) is 5.83. The molecule has 1 aliphatic heterocycles. The summed E-state index contributed by atoms with van der Waals surface area (Å²) in [5.41, 5.74) is 0.0391. The highest BCUT2D eigenvalue weighted by molar-refractivity contribution is 6.31. The second kappa shape index (κ2) is 6.64. The summed E-state index contributed by atoms with van der Waals surface area (Å²) in [6, 6.07) is 8.50. The SMILES string of the molecule is O=C(CC1(n2cccc2)CCOCC1)Nc1cc(Cl)ccc1O. The first-order valence-corrected chi connectivity index (χ1v) is 7.96. The molecule has 2 N–H and O–H groups in total. The molecule has 1 aromatic heterocycles. The van der Waals surface area contributed by atoms with Crippen LogP contribution in [0.4, 0.5) is 5.69 Å². The van der Waals surface area contributed by atoms with Gasteiger partial charge in [0.05, 0.1) is 17.6 Å². The van der Waals surface area contributed by atoms with E-state index in [2.05, 4.69) is 9.88 Å². The number of nitrogens with one attached hydrogen (secondary N) is 1. The molecule has 5 nitrogen and oxygen atoms in total. The second-order valence-corrected chi connectivity index (χ2v) is 6.25. The van der Waals surface area contributed by atoms with E-state index in [4.69, 9.17) is 16.3 Å². The minimum atomic E-state index is -0.292. The van der Waals surface area contributed by atoms with Gasteiger partial charge in [0.25, 0.3) is 0 Å². The van der Waals surface area contributed by atoms with Crippen LogP contribution in [0.25, 0.3) is 0 Å². The lowest BCUT2D eigenvalue weighted by molar-refractivity contribution is -0.119. The zero-order valence-corrected chi connectivity index (χ0v) is 13.4. The molecule has 0 atom stereocenters. The number of halogens is 1. The molecule has 6 heteroatoms. The van der Waals surface area contributed by atoms with Gasteiger partial charge in [-0.05, 0) is 43.2 Å². The van der Waals surface area contributed by atoms with Crippen LogP contribution in [0.1, 0.15) is 19.3 Å². The van der Waals surface area contributed by atoms with Crippen molar-refractivity contribution in [3.63, 3.8) is 0 Å². The number of rotatable bonds is 4. The molecule has 23 heavy (non-hydrogen) atoms.